The van der Waals surface area contributed by atoms with Gasteiger partial charge in [0.25, 0.3) is 0 Å². The van der Waals surface area contributed by atoms with Crippen molar-refractivity contribution < 1.29 is 9.59 Å². The van der Waals surface area contributed by atoms with Gasteiger partial charge in [-0.1, -0.05) is 20.8 Å². The molecular formula is C12H25N3O2. The topological polar surface area (TPSA) is 84.2 Å². The first-order valence-corrected chi connectivity index (χ1v) is 6.11. The predicted octanol–water partition coefficient (Wildman–Crippen LogP) is 0.248. The zero-order valence-electron chi connectivity index (χ0n) is 11.2. The van der Waals surface area contributed by atoms with Crippen LogP contribution in [0.4, 0.5) is 0 Å². The molecule has 5 nitrogen and oxygen atoms in total. The second-order valence-electron chi connectivity index (χ2n) is 4.91. The van der Waals surface area contributed by atoms with Gasteiger partial charge in [-0.3, -0.25) is 9.59 Å². The van der Waals surface area contributed by atoms with Gasteiger partial charge in [0, 0.05) is 13.5 Å². The van der Waals surface area contributed by atoms with Crippen LogP contribution in [0.5, 0.6) is 0 Å². The van der Waals surface area contributed by atoms with Crippen molar-refractivity contribution in [2.75, 3.05) is 13.6 Å². The van der Waals surface area contributed by atoms with Crippen molar-refractivity contribution in [2.24, 2.45) is 17.6 Å². The third-order valence-corrected chi connectivity index (χ3v) is 2.54. The van der Waals surface area contributed by atoms with Gasteiger partial charge in [0.1, 0.15) is 6.04 Å². The summed E-state index contributed by atoms with van der Waals surface area (Å²) in [5.74, 6) is 0.230. The lowest BCUT2D eigenvalue weighted by molar-refractivity contribution is -0.129. The molecule has 0 rings (SSSR count). The molecule has 0 aromatic carbocycles. The molecule has 0 aromatic rings. The van der Waals surface area contributed by atoms with E-state index in [2.05, 4.69) is 10.6 Å². The highest BCUT2D eigenvalue weighted by atomic mass is 16.2. The minimum absolute atomic E-state index is 0.114. The van der Waals surface area contributed by atoms with Crippen molar-refractivity contribution in [3.63, 3.8) is 0 Å². The second kappa shape index (κ2) is 8.06. The lowest BCUT2D eigenvalue weighted by atomic mass is 10.0. The van der Waals surface area contributed by atoms with Gasteiger partial charge >= 0.3 is 0 Å². The Labute approximate surface area is 104 Å². The molecule has 0 aliphatic carbocycles. The van der Waals surface area contributed by atoms with E-state index in [-0.39, 0.29) is 17.7 Å². The Hall–Kier alpha value is -1.10. The van der Waals surface area contributed by atoms with E-state index in [1.54, 1.807) is 7.05 Å². The highest BCUT2D eigenvalue weighted by Crippen LogP contribution is 2.06. The molecule has 2 amide bonds. The number of hydrogen-bond acceptors (Lipinski definition) is 3. The Morgan fingerprint density at radius 1 is 1.24 bits per heavy atom. The Balaban J connectivity index is 4.32. The third-order valence-electron chi connectivity index (χ3n) is 2.54. The molecule has 2 atom stereocenters. The third kappa shape index (κ3) is 6.94. The summed E-state index contributed by atoms with van der Waals surface area (Å²) in [7, 11) is 1.57. The van der Waals surface area contributed by atoms with Crippen LogP contribution in [0.3, 0.4) is 0 Å². The molecule has 0 aromatic heterocycles. The zero-order chi connectivity index (χ0) is 13.4. The average molecular weight is 243 g/mol. The van der Waals surface area contributed by atoms with Crippen LogP contribution in [0.2, 0.25) is 0 Å². The highest BCUT2D eigenvalue weighted by molar-refractivity contribution is 5.87. The summed E-state index contributed by atoms with van der Waals surface area (Å²) in [5, 5.41) is 5.32. The maximum absolute atomic E-state index is 11.7. The molecule has 0 heterocycles. The van der Waals surface area contributed by atoms with Gasteiger partial charge in [-0.25, -0.2) is 0 Å². The Kier molecular flexibility index (Phi) is 7.54. The Morgan fingerprint density at radius 2 is 1.82 bits per heavy atom. The van der Waals surface area contributed by atoms with Crippen LogP contribution in [0.15, 0.2) is 0 Å². The van der Waals surface area contributed by atoms with E-state index in [0.717, 1.165) is 0 Å². The van der Waals surface area contributed by atoms with Crippen LogP contribution in [0.1, 0.15) is 33.6 Å². The molecule has 0 spiro atoms. The maximum Gasteiger partial charge on any atom is 0.242 e. The van der Waals surface area contributed by atoms with Crippen LogP contribution < -0.4 is 16.4 Å². The summed E-state index contributed by atoms with van der Waals surface area (Å²) < 4.78 is 0. The van der Waals surface area contributed by atoms with Gasteiger partial charge < -0.3 is 16.4 Å². The van der Waals surface area contributed by atoms with E-state index in [1.165, 1.54) is 0 Å². The van der Waals surface area contributed by atoms with Crippen molar-refractivity contribution in [3.8, 4) is 0 Å². The monoisotopic (exact) mass is 243 g/mol. The molecule has 0 saturated carbocycles. The fraction of sp³-hybridized carbons (Fsp3) is 0.833. The normalized spacial score (nSPS) is 14.2. The van der Waals surface area contributed by atoms with E-state index in [9.17, 15) is 9.59 Å². The molecule has 4 N–H and O–H groups in total. The molecule has 0 aliphatic heterocycles. The summed E-state index contributed by atoms with van der Waals surface area (Å²) in [6, 6.07) is -0.447. The predicted molar refractivity (Wildman–Crippen MR) is 68.3 cm³/mol. The number of hydrogen-bond donors (Lipinski definition) is 3. The van der Waals surface area contributed by atoms with Gasteiger partial charge in [-0.05, 0) is 24.8 Å². The summed E-state index contributed by atoms with van der Waals surface area (Å²) in [6.07, 6.45) is 1.00. The molecule has 5 heteroatoms. The van der Waals surface area contributed by atoms with Crippen LogP contribution in [0.25, 0.3) is 0 Å². The molecule has 0 bridgehead atoms. The summed E-state index contributed by atoms with van der Waals surface area (Å²) in [5.41, 5.74) is 5.46. The number of likely N-dealkylation sites (N-methyl/N-ethyl adjacent to an activating group) is 1. The first kappa shape index (κ1) is 15.9. The SMILES string of the molecule is CNC(=O)C(CC(C)C)NC(=O)CC(C)CN. The molecule has 2 unspecified atom stereocenters. The largest absolute Gasteiger partial charge is 0.357 e. The minimum Gasteiger partial charge on any atom is -0.357 e. The fourth-order valence-electron chi connectivity index (χ4n) is 1.53. The average Bonchev–Trinajstić information content (AvgIpc) is 2.26. The van der Waals surface area contributed by atoms with E-state index in [0.29, 0.717) is 25.3 Å². The first-order valence-electron chi connectivity index (χ1n) is 6.11. The van der Waals surface area contributed by atoms with Crippen LogP contribution in [0, 0.1) is 11.8 Å². The standard InChI is InChI=1S/C12H25N3O2/c1-8(2)5-10(12(17)14-4)15-11(16)6-9(3)7-13/h8-10H,5-7,13H2,1-4H3,(H,14,17)(H,15,16). The molecule has 0 saturated heterocycles. The van der Waals surface area contributed by atoms with Gasteiger partial charge in [-0.2, -0.15) is 0 Å². The zero-order valence-corrected chi connectivity index (χ0v) is 11.2. The number of amides is 2. The van der Waals surface area contributed by atoms with Crippen molar-refractivity contribution in [2.45, 2.75) is 39.7 Å². The quantitative estimate of drug-likeness (QED) is 0.599. The Morgan fingerprint density at radius 3 is 2.24 bits per heavy atom. The second-order valence-corrected chi connectivity index (χ2v) is 4.91. The van der Waals surface area contributed by atoms with Crippen molar-refractivity contribution in [1.82, 2.24) is 10.6 Å². The number of nitrogens with one attached hydrogen (secondary N) is 2. The van der Waals surface area contributed by atoms with E-state index in [1.807, 2.05) is 20.8 Å². The first-order chi connectivity index (χ1) is 7.90. The smallest absolute Gasteiger partial charge is 0.242 e. The number of carbonyl (C=O) groups excluding carboxylic acids is 2. The fourth-order valence-corrected chi connectivity index (χ4v) is 1.53. The van der Waals surface area contributed by atoms with E-state index in [4.69, 9.17) is 5.73 Å². The molecule has 100 valence electrons. The molecule has 17 heavy (non-hydrogen) atoms. The van der Waals surface area contributed by atoms with Crippen molar-refractivity contribution in [3.05, 3.63) is 0 Å². The molecule has 0 aliphatic rings. The summed E-state index contributed by atoms with van der Waals surface area (Å²) >= 11 is 0. The molecule has 0 fully saturated rings. The van der Waals surface area contributed by atoms with Gasteiger partial charge in [0.15, 0.2) is 0 Å². The van der Waals surface area contributed by atoms with Crippen LogP contribution >= 0.6 is 0 Å². The highest BCUT2D eigenvalue weighted by Gasteiger charge is 2.21. The Bertz CT molecular complexity index is 254. The number of carbonyl (C=O) groups is 2. The number of nitrogens with two attached hydrogens (primary N) is 1. The summed E-state index contributed by atoms with van der Waals surface area (Å²) in [4.78, 5) is 23.3. The van der Waals surface area contributed by atoms with Gasteiger partial charge in [0.05, 0.1) is 0 Å². The minimum atomic E-state index is -0.447. The van der Waals surface area contributed by atoms with E-state index >= 15 is 0 Å². The molecule has 0 radical (unpaired) electrons. The van der Waals surface area contributed by atoms with E-state index < -0.39 is 6.04 Å². The van der Waals surface area contributed by atoms with Gasteiger partial charge in [0.2, 0.25) is 11.8 Å². The summed E-state index contributed by atoms with van der Waals surface area (Å²) in [6.45, 7) is 6.42. The van der Waals surface area contributed by atoms with Gasteiger partial charge in [-0.15, -0.1) is 0 Å². The lowest BCUT2D eigenvalue weighted by Crippen LogP contribution is -2.46. The van der Waals surface area contributed by atoms with Crippen LogP contribution in [-0.2, 0) is 9.59 Å². The maximum atomic E-state index is 11.7. The lowest BCUT2D eigenvalue weighted by Gasteiger charge is -2.20. The van der Waals surface area contributed by atoms with Crippen molar-refractivity contribution in [1.29, 1.82) is 0 Å². The van der Waals surface area contributed by atoms with Crippen LogP contribution in [-0.4, -0.2) is 31.4 Å². The molecular weight excluding hydrogens is 218 g/mol. The van der Waals surface area contributed by atoms with Crippen molar-refractivity contribution >= 4 is 11.8 Å². The number of rotatable bonds is 7.